The molecule has 234 valence electrons. The molecule has 8 nitrogen and oxygen atoms in total. The molecule has 1 atom stereocenters. The summed E-state index contributed by atoms with van der Waals surface area (Å²) in [5.41, 5.74) is 3.01. The van der Waals surface area contributed by atoms with Gasteiger partial charge in [0, 0.05) is 5.56 Å². The van der Waals surface area contributed by atoms with Crippen molar-refractivity contribution in [3.05, 3.63) is 130 Å². The van der Waals surface area contributed by atoms with Crippen LogP contribution in [0.15, 0.2) is 99.9 Å². The number of fused-ring (bicyclic) bond motifs is 2. The first-order valence-corrected chi connectivity index (χ1v) is 16.5. The lowest BCUT2D eigenvalue weighted by Crippen LogP contribution is -2.40. The smallest absolute Gasteiger partial charge is 0.338 e. The average Bonchev–Trinajstić information content (AvgIpc) is 3.36. The molecule has 46 heavy (non-hydrogen) atoms. The van der Waals surface area contributed by atoms with E-state index >= 15 is 0 Å². The van der Waals surface area contributed by atoms with Crippen molar-refractivity contribution in [2.24, 2.45) is 4.99 Å². The third-order valence-electron chi connectivity index (χ3n) is 7.72. The van der Waals surface area contributed by atoms with Gasteiger partial charge in [-0.25, -0.2) is 9.79 Å². The number of halogens is 1. The molecule has 0 amide bonds. The van der Waals surface area contributed by atoms with Crippen LogP contribution in [0.2, 0.25) is 0 Å². The Balaban J connectivity index is 1.51. The van der Waals surface area contributed by atoms with Crippen LogP contribution >= 0.6 is 33.9 Å². The van der Waals surface area contributed by atoms with Gasteiger partial charge in [0.2, 0.25) is 0 Å². The van der Waals surface area contributed by atoms with E-state index < -0.39 is 12.0 Å². The predicted molar refractivity (Wildman–Crippen MR) is 187 cm³/mol. The van der Waals surface area contributed by atoms with Gasteiger partial charge in [-0.05, 0) is 82.6 Å². The molecule has 4 aromatic carbocycles. The summed E-state index contributed by atoms with van der Waals surface area (Å²) in [6.07, 6.45) is 1.82. The highest BCUT2D eigenvalue weighted by atomic mass is 127. The number of benzene rings is 4. The number of thiazole rings is 1. The minimum Gasteiger partial charge on any atom is -0.496 e. The normalized spacial score (nSPS) is 14.5. The molecule has 5 aromatic rings. The largest absolute Gasteiger partial charge is 0.496 e. The monoisotopic (exact) mass is 746 g/mol. The lowest BCUT2D eigenvalue weighted by atomic mass is 9.90. The third-order valence-corrected chi connectivity index (χ3v) is 9.50. The van der Waals surface area contributed by atoms with Gasteiger partial charge in [-0.1, -0.05) is 72.0 Å². The van der Waals surface area contributed by atoms with E-state index in [0.717, 1.165) is 25.5 Å². The van der Waals surface area contributed by atoms with E-state index in [-0.39, 0.29) is 12.2 Å². The molecule has 1 aromatic heterocycles. The molecule has 0 saturated heterocycles. The van der Waals surface area contributed by atoms with Crippen LogP contribution in [-0.4, -0.2) is 31.4 Å². The summed E-state index contributed by atoms with van der Waals surface area (Å²) < 4.78 is 26.1. The number of nitrogens with zero attached hydrogens (tertiary/aromatic N) is 2. The molecule has 10 heteroatoms. The number of rotatable bonds is 9. The van der Waals surface area contributed by atoms with Crippen LogP contribution in [0.4, 0.5) is 0 Å². The summed E-state index contributed by atoms with van der Waals surface area (Å²) in [4.78, 5) is 33.1. The minimum atomic E-state index is -0.818. The summed E-state index contributed by atoms with van der Waals surface area (Å²) in [5.74, 6) is 1.22. The number of aromatic nitrogens is 1. The number of hydrogen-bond acceptors (Lipinski definition) is 8. The molecule has 0 fully saturated rings. The Labute approximate surface area is 283 Å². The fraction of sp³-hybridized carbons (Fsp3) is 0.194. The predicted octanol–water partition coefficient (Wildman–Crippen LogP) is 6.15. The fourth-order valence-electron chi connectivity index (χ4n) is 5.64. The SMILES string of the molecule is CCOC(=O)C1=C(C)N=c2sc(=Cc3cc(I)c(OCc4ccccc4)c(OC)c3)c(=O)n2C1c1c(OC)ccc2ccccc12. The summed E-state index contributed by atoms with van der Waals surface area (Å²) in [6.45, 7) is 4.11. The lowest BCUT2D eigenvalue weighted by molar-refractivity contribution is -0.139. The highest BCUT2D eigenvalue weighted by molar-refractivity contribution is 14.1. The van der Waals surface area contributed by atoms with E-state index in [2.05, 4.69) is 22.6 Å². The molecule has 0 saturated carbocycles. The van der Waals surface area contributed by atoms with Crippen molar-refractivity contribution in [2.75, 3.05) is 20.8 Å². The molecular weight excluding hydrogens is 715 g/mol. The molecule has 1 unspecified atom stereocenters. The Morgan fingerprint density at radius 1 is 1.00 bits per heavy atom. The van der Waals surface area contributed by atoms with Crippen molar-refractivity contribution in [3.63, 3.8) is 0 Å². The molecule has 0 aliphatic carbocycles. The minimum absolute atomic E-state index is 0.185. The highest BCUT2D eigenvalue weighted by Gasteiger charge is 2.36. The van der Waals surface area contributed by atoms with Crippen LogP contribution in [0.1, 0.15) is 36.6 Å². The summed E-state index contributed by atoms with van der Waals surface area (Å²) in [5, 5.41) is 1.82. The molecule has 2 heterocycles. The number of hydrogen-bond donors (Lipinski definition) is 0. The second kappa shape index (κ2) is 13.5. The van der Waals surface area contributed by atoms with Crippen LogP contribution in [-0.2, 0) is 16.1 Å². The molecule has 6 rings (SSSR count). The summed E-state index contributed by atoms with van der Waals surface area (Å²) in [7, 11) is 3.18. The van der Waals surface area contributed by atoms with Crippen molar-refractivity contribution in [3.8, 4) is 17.2 Å². The Morgan fingerprint density at radius 3 is 2.48 bits per heavy atom. The van der Waals surface area contributed by atoms with Gasteiger partial charge in [-0.15, -0.1) is 0 Å². The van der Waals surface area contributed by atoms with Crippen molar-refractivity contribution >= 4 is 56.7 Å². The van der Waals surface area contributed by atoms with E-state index in [4.69, 9.17) is 23.9 Å². The zero-order valence-electron chi connectivity index (χ0n) is 25.7. The first-order valence-electron chi connectivity index (χ1n) is 14.6. The van der Waals surface area contributed by atoms with Crippen molar-refractivity contribution in [2.45, 2.75) is 26.5 Å². The van der Waals surface area contributed by atoms with Crippen LogP contribution < -0.4 is 29.1 Å². The van der Waals surface area contributed by atoms with Crippen LogP contribution in [0.3, 0.4) is 0 Å². The fourth-order valence-corrected chi connectivity index (χ4v) is 7.47. The Hall–Kier alpha value is -4.42. The molecule has 1 aliphatic heterocycles. The maximum atomic E-state index is 14.3. The van der Waals surface area contributed by atoms with Crippen molar-refractivity contribution in [1.29, 1.82) is 0 Å². The summed E-state index contributed by atoms with van der Waals surface area (Å²) in [6, 6.07) is 24.6. The Kier molecular flexibility index (Phi) is 9.27. The molecule has 0 spiro atoms. The lowest BCUT2D eigenvalue weighted by Gasteiger charge is -2.27. The Bertz CT molecular complexity index is 2170. The molecule has 0 N–H and O–H groups in total. The molecule has 1 aliphatic rings. The van der Waals surface area contributed by atoms with Crippen molar-refractivity contribution in [1.82, 2.24) is 4.57 Å². The standard InChI is InChI=1S/C36H31IN2O6S/c1-5-44-35(41)30-21(2)38-36-39(32(30)31-25-14-10-9-13-24(25)15-16-27(31)42-3)34(40)29(46-36)19-23-17-26(37)33(28(18-23)43-4)45-20-22-11-7-6-8-12-22/h6-19,32H,5,20H2,1-4H3. The van der Waals surface area contributed by atoms with E-state index in [9.17, 15) is 9.59 Å². The average molecular weight is 747 g/mol. The van der Waals surface area contributed by atoms with E-state index in [1.165, 1.54) is 11.3 Å². The third kappa shape index (κ3) is 5.94. The van der Waals surface area contributed by atoms with Gasteiger partial charge in [-0.2, -0.15) is 0 Å². The molecule has 0 bridgehead atoms. The zero-order chi connectivity index (χ0) is 32.4. The zero-order valence-corrected chi connectivity index (χ0v) is 28.7. The van der Waals surface area contributed by atoms with Gasteiger partial charge >= 0.3 is 5.97 Å². The number of ether oxygens (including phenoxy) is 4. The van der Waals surface area contributed by atoms with Crippen LogP contribution in [0.5, 0.6) is 17.2 Å². The quantitative estimate of drug-likeness (QED) is 0.133. The number of carbonyl (C=O) groups excluding carboxylic acids is 1. The first kappa shape index (κ1) is 31.6. The summed E-state index contributed by atoms with van der Waals surface area (Å²) >= 11 is 3.48. The second-order valence-electron chi connectivity index (χ2n) is 10.5. The topological polar surface area (TPSA) is 88.4 Å². The maximum absolute atomic E-state index is 14.3. The van der Waals surface area contributed by atoms with Gasteiger partial charge in [0.1, 0.15) is 18.4 Å². The van der Waals surface area contributed by atoms with Gasteiger partial charge in [0.15, 0.2) is 16.3 Å². The van der Waals surface area contributed by atoms with Gasteiger partial charge in [0.25, 0.3) is 5.56 Å². The van der Waals surface area contributed by atoms with E-state index in [0.29, 0.717) is 50.0 Å². The number of allylic oxidation sites excluding steroid dienone is 1. The second-order valence-corrected chi connectivity index (χ2v) is 12.7. The number of methoxy groups -OCH3 is 2. The van der Waals surface area contributed by atoms with Gasteiger partial charge in [0.05, 0.1) is 40.2 Å². The van der Waals surface area contributed by atoms with E-state index in [1.807, 2.05) is 84.9 Å². The highest BCUT2D eigenvalue weighted by Crippen LogP contribution is 2.40. The number of carbonyl (C=O) groups is 1. The number of esters is 1. The molecule has 0 radical (unpaired) electrons. The van der Waals surface area contributed by atoms with E-state index in [1.54, 1.807) is 32.6 Å². The van der Waals surface area contributed by atoms with Crippen LogP contribution in [0, 0.1) is 3.57 Å². The van der Waals surface area contributed by atoms with Gasteiger partial charge < -0.3 is 18.9 Å². The van der Waals surface area contributed by atoms with Crippen molar-refractivity contribution < 1.29 is 23.7 Å². The maximum Gasteiger partial charge on any atom is 0.338 e. The molecular formula is C36H31IN2O6S. The van der Waals surface area contributed by atoms with Crippen LogP contribution in [0.25, 0.3) is 16.8 Å². The Morgan fingerprint density at radius 2 is 1.74 bits per heavy atom. The first-order chi connectivity index (χ1) is 22.3. The van der Waals surface area contributed by atoms with Gasteiger partial charge in [-0.3, -0.25) is 9.36 Å².